The van der Waals surface area contributed by atoms with E-state index in [2.05, 4.69) is 20.0 Å². The van der Waals surface area contributed by atoms with Crippen LogP contribution in [0.25, 0.3) is 0 Å². The minimum Gasteiger partial charge on any atom is -0.397 e. The molecule has 0 saturated carbocycles. The van der Waals surface area contributed by atoms with Gasteiger partial charge in [-0.15, -0.1) is 0 Å². The van der Waals surface area contributed by atoms with Crippen molar-refractivity contribution in [2.75, 3.05) is 13.7 Å². The molecule has 0 spiro atoms. The van der Waals surface area contributed by atoms with Crippen LogP contribution in [0.15, 0.2) is 64.6 Å². The van der Waals surface area contributed by atoms with Crippen LogP contribution in [0.4, 0.5) is 0 Å². The normalized spacial score (nSPS) is 17.0. The van der Waals surface area contributed by atoms with Crippen LogP contribution < -0.4 is 15.8 Å². The van der Waals surface area contributed by atoms with E-state index in [-0.39, 0.29) is 35.0 Å². The van der Waals surface area contributed by atoms with E-state index < -0.39 is 22.1 Å². The number of hydrogen-bond acceptors (Lipinski definition) is 6. The van der Waals surface area contributed by atoms with E-state index in [1.54, 1.807) is 30.3 Å². The zero-order valence-electron chi connectivity index (χ0n) is 21.4. The third-order valence-electron chi connectivity index (χ3n) is 6.10. The van der Waals surface area contributed by atoms with Gasteiger partial charge in [-0.1, -0.05) is 61.5 Å². The van der Waals surface area contributed by atoms with Crippen molar-refractivity contribution in [2.45, 2.75) is 56.6 Å². The van der Waals surface area contributed by atoms with Crippen LogP contribution in [-0.2, 0) is 31.0 Å². The molecule has 1 heterocycles. The summed E-state index contributed by atoms with van der Waals surface area (Å²) in [5.74, 6) is -0.349. The summed E-state index contributed by atoms with van der Waals surface area (Å²) in [5.41, 5.74) is 7.35. The maximum atomic E-state index is 13.5. The van der Waals surface area contributed by atoms with Crippen LogP contribution in [-0.4, -0.2) is 56.7 Å². The lowest BCUT2D eigenvalue weighted by molar-refractivity contribution is -0.140. The van der Waals surface area contributed by atoms with Crippen LogP contribution in [0.1, 0.15) is 44.2 Å². The van der Waals surface area contributed by atoms with E-state index in [1.165, 1.54) is 24.1 Å². The molecule has 37 heavy (non-hydrogen) atoms. The number of nitrogens with one attached hydrogen (secondary N) is 2. The van der Waals surface area contributed by atoms with Gasteiger partial charge >= 0.3 is 0 Å². The molecule has 1 saturated heterocycles. The van der Waals surface area contributed by atoms with Gasteiger partial charge in [0.1, 0.15) is 19.2 Å². The second kappa shape index (κ2) is 12.7. The second-order valence-electron chi connectivity index (χ2n) is 9.38. The molecular formula is C26H35N5O5S. The average Bonchev–Trinajstić information content (AvgIpc) is 3.37. The quantitative estimate of drug-likeness (QED) is 0.231. The molecule has 1 aliphatic heterocycles. The molecule has 4 N–H and O–H groups in total. The van der Waals surface area contributed by atoms with E-state index in [9.17, 15) is 18.0 Å². The van der Waals surface area contributed by atoms with Crippen LogP contribution in [0.2, 0.25) is 0 Å². The number of oxime groups is 1. The SMILES string of the molecule is CON=C(N)c1ccc(CNC(=O)[C@@H]2CCCN2C(=O)[C@@H](CC(C)C)NS(=O)(=O)c2ccccc2)cc1. The molecule has 2 atom stereocenters. The van der Waals surface area contributed by atoms with E-state index in [0.29, 0.717) is 31.4 Å². The molecule has 0 unspecified atom stereocenters. The fourth-order valence-electron chi connectivity index (χ4n) is 4.28. The molecule has 2 aromatic carbocycles. The van der Waals surface area contributed by atoms with Crippen molar-refractivity contribution in [1.29, 1.82) is 0 Å². The Morgan fingerprint density at radius 2 is 1.81 bits per heavy atom. The van der Waals surface area contributed by atoms with Crippen molar-refractivity contribution in [3.8, 4) is 0 Å². The first-order valence-electron chi connectivity index (χ1n) is 12.2. The molecule has 0 aliphatic carbocycles. The number of amides is 2. The zero-order valence-corrected chi connectivity index (χ0v) is 22.2. The minimum absolute atomic E-state index is 0.0632. The highest BCUT2D eigenvalue weighted by atomic mass is 32.2. The van der Waals surface area contributed by atoms with Gasteiger partial charge in [-0.25, -0.2) is 8.42 Å². The summed E-state index contributed by atoms with van der Waals surface area (Å²) in [5, 5.41) is 6.59. The van der Waals surface area contributed by atoms with Gasteiger partial charge in [0.05, 0.1) is 4.90 Å². The molecule has 3 rings (SSSR count). The number of carbonyl (C=O) groups is 2. The Bertz CT molecular complexity index is 1200. The Hall–Kier alpha value is -3.44. The van der Waals surface area contributed by atoms with E-state index >= 15 is 0 Å². The van der Waals surface area contributed by atoms with Gasteiger partial charge in [0.25, 0.3) is 0 Å². The molecule has 11 heteroatoms. The largest absolute Gasteiger partial charge is 0.397 e. The number of carbonyl (C=O) groups excluding carboxylic acids is 2. The summed E-state index contributed by atoms with van der Waals surface area (Å²) in [6, 6.07) is 13.5. The first-order chi connectivity index (χ1) is 17.6. The van der Waals surface area contributed by atoms with Crippen molar-refractivity contribution in [2.24, 2.45) is 16.8 Å². The van der Waals surface area contributed by atoms with Gasteiger partial charge in [-0.2, -0.15) is 4.72 Å². The van der Waals surface area contributed by atoms with Gasteiger partial charge in [-0.05, 0) is 42.9 Å². The Balaban J connectivity index is 1.68. The molecule has 1 fully saturated rings. The lowest BCUT2D eigenvalue weighted by atomic mass is 10.0. The molecule has 2 amide bonds. The number of hydrogen-bond donors (Lipinski definition) is 3. The maximum Gasteiger partial charge on any atom is 0.243 e. The fourth-order valence-corrected chi connectivity index (χ4v) is 5.50. The van der Waals surface area contributed by atoms with Crippen LogP contribution in [0, 0.1) is 5.92 Å². The summed E-state index contributed by atoms with van der Waals surface area (Å²) in [7, 11) is -2.49. The number of rotatable bonds is 11. The first-order valence-corrected chi connectivity index (χ1v) is 13.7. The van der Waals surface area contributed by atoms with Crippen molar-refractivity contribution >= 4 is 27.7 Å². The summed E-state index contributed by atoms with van der Waals surface area (Å²) < 4.78 is 28.5. The summed E-state index contributed by atoms with van der Waals surface area (Å²) >= 11 is 0. The maximum absolute atomic E-state index is 13.5. The molecule has 0 aromatic heterocycles. The molecular weight excluding hydrogens is 494 g/mol. The molecule has 10 nitrogen and oxygen atoms in total. The Kier molecular flexibility index (Phi) is 9.65. The smallest absolute Gasteiger partial charge is 0.243 e. The Labute approximate surface area is 218 Å². The van der Waals surface area contributed by atoms with Gasteiger partial charge in [0.15, 0.2) is 5.84 Å². The highest BCUT2D eigenvalue weighted by molar-refractivity contribution is 7.89. The summed E-state index contributed by atoms with van der Waals surface area (Å²) in [6.45, 7) is 4.51. The lowest BCUT2D eigenvalue weighted by Gasteiger charge is -2.29. The second-order valence-corrected chi connectivity index (χ2v) is 11.1. The van der Waals surface area contributed by atoms with Crippen molar-refractivity contribution < 1.29 is 22.8 Å². The highest BCUT2D eigenvalue weighted by Crippen LogP contribution is 2.22. The number of likely N-dealkylation sites (tertiary alicyclic amines) is 1. The summed E-state index contributed by atoms with van der Waals surface area (Å²) in [6.07, 6.45) is 1.49. The minimum atomic E-state index is -3.90. The lowest BCUT2D eigenvalue weighted by Crippen LogP contribution is -2.53. The van der Waals surface area contributed by atoms with Gasteiger partial charge in [0.2, 0.25) is 21.8 Å². The predicted molar refractivity (Wildman–Crippen MR) is 141 cm³/mol. The van der Waals surface area contributed by atoms with Gasteiger partial charge < -0.3 is 20.8 Å². The number of sulfonamides is 1. The van der Waals surface area contributed by atoms with Crippen molar-refractivity contribution in [3.05, 3.63) is 65.7 Å². The molecule has 2 aromatic rings. The van der Waals surface area contributed by atoms with Crippen LogP contribution in [0.3, 0.4) is 0 Å². The predicted octanol–water partition coefficient (Wildman–Crippen LogP) is 1.95. The Morgan fingerprint density at radius 1 is 1.14 bits per heavy atom. The average molecular weight is 530 g/mol. The van der Waals surface area contributed by atoms with E-state index in [0.717, 1.165) is 5.56 Å². The van der Waals surface area contributed by atoms with Gasteiger partial charge in [-0.3, -0.25) is 9.59 Å². The molecule has 1 aliphatic rings. The van der Waals surface area contributed by atoms with E-state index in [1.807, 2.05) is 26.0 Å². The monoisotopic (exact) mass is 529 g/mol. The van der Waals surface area contributed by atoms with Crippen molar-refractivity contribution in [1.82, 2.24) is 14.9 Å². The topological polar surface area (TPSA) is 143 Å². The standard InChI is InChI=1S/C26H35N5O5S/c1-18(2)16-22(30-37(34,35)21-8-5-4-6-9-21)26(33)31-15-7-10-23(31)25(32)28-17-19-11-13-20(14-12-19)24(27)29-36-3/h4-6,8-9,11-14,18,22-23,30H,7,10,15-17H2,1-3H3,(H2,27,29)(H,28,32)/t22-,23+/m1/s1. The molecule has 0 bridgehead atoms. The molecule has 200 valence electrons. The van der Waals surface area contributed by atoms with Gasteiger partial charge in [0, 0.05) is 18.7 Å². The third-order valence-corrected chi connectivity index (χ3v) is 7.59. The number of nitrogens with zero attached hydrogens (tertiary/aromatic N) is 2. The highest BCUT2D eigenvalue weighted by Gasteiger charge is 2.38. The van der Waals surface area contributed by atoms with Crippen molar-refractivity contribution in [3.63, 3.8) is 0 Å². The third kappa shape index (κ3) is 7.53. The van der Waals surface area contributed by atoms with Crippen LogP contribution >= 0.6 is 0 Å². The molecule has 0 radical (unpaired) electrons. The Morgan fingerprint density at radius 3 is 2.43 bits per heavy atom. The van der Waals surface area contributed by atoms with E-state index in [4.69, 9.17) is 5.73 Å². The summed E-state index contributed by atoms with van der Waals surface area (Å²) in [4.78, 5) is 32.8. The number of nitrogens with two attached hydrogens (primary N) is 1. The zero-order chi connectivity index (χ0) is 27.0. The first kappa shape index (κ1) is 28.1. The fraction of sp³-hybridized carbons (Fsp3) is 0.423. The van der Waals surface area contributed by atoms with Crippen LogP contribution in [0.5, 0.6) is 0 Å². The number of amidine groups is 1. The number of benzene rings is 2.